The van der Waals surface area contributed by atoms with Crippen molar-refractivity contribution in [2.24, 2.45) is 0 Å². The fourth-order valence-electron chi connectivity index (χ4n) is 2.42. The van der Waals surface area contributed by atoms with Crippen molar-refractivity contribution in [2.75, 3.05) is 0 Å². The highest BCUT2D eigenvalue weighted by molar-refractivity contribution is 7.99. The highest BCUT2D eigenvalue weighted by Gasteiger charge is 2.21. The summed E-state index contributed by atoms with van der Waals surface area (Å²) in [5.41, 5.74) is 2.23. The van der Waals surface area contributed by atoms with Crippen molar-refractivity contribution in [1.29, 1.82) is 0 Å². The molecule has 0 N–H and O–H groups in total. The van der Waals surface area contributed by atoms with Crippen LogP contribution in [0.15, 0.2) is 5.16 Å². The van der Waals surface area contributed by atoms with Gasteiger partial charge in [0.05, 0.1) is 5.39 Å². The van der Waals surface area contributed by atoms with Gasteiger partial charge in [0, 0.05) is 16.0 Å². The molecular formula is C15H20N4S2. The Morgan fingerprint density at radius 3 is 2.43 bits per heavy atom. The van der Waals surface area contributed by atoms with Crippen LogP contribution in [0.4, 0.5) is 0 Å². The van der Waals surface area contributed by atoms with Crippen LogP contribution in [0, 0.1) is 13.8 Å². The van der Waals surface area contributed by atoms with E-state index in [4.69, 9.17) is 4.98 Å². The van der Waals surface area contributed by atoms with Crippen LogP contribution in [0.25, 0.3) is 15.9 Å². The lowest BCUT2D eigenvalue weighted by molar-refractivity contribution is 0.728. The lowest BCUT2D eigenvalue weighted by Gasteiger charge is -2.11. The Morgan fingerprint density at radius 1 is 1.10 bits per heavy atom. The monoisotopic (exact) mass is 320 g/mol. The summed E-state index contributed by atoms with van der Waals surface area (Å²) in [6, 6.07) is 0. The second-order valence-corrected chi connectivity index (χ2v) is 8.64. The van der Waals surface area contributed by atoms with Crippen molar-refractivity contribution < 1.29 is 0 Å². The summed E-state index contributed by atoms with van der Waals surface area (Å²) in [6.45, 7) is 13.0. The number of aryl methyl sites for hydroxylation is 2. The van der Waals surface area contributed by atoms with Crippen LogP contribution in [-0.4, -0.2) is 24.8 Å². The summed E-state index contributed by atoms with van der Waals surface area (Å²) in [5, 5.41) is 11.5. The van der Waals surface area contributed by atoms with E-state index >= 15 is 0 Å². The lowest BCUT2D eigenvalue weighted by atomic mass is 10.2. The predicted molar refractivity (Wildman–Crippen MR) is 90.7 cm³/mol. The van der Waals surface area contributed by atoms with E-state index in [2.05, 4.69) is 56.1 Å². The molecule has 0 aliphatic heterocycles. The molecular weight excluding hydrogens is 300 g/mol. The first kappa shape index (κ1) is 14.8. The molecule has 0 saturated carbocycles. The second-order valence-electron chi connectivity index (χ2n) is 5.90. The predicted octanol–water partition coefficient (Wildman–Crippen LogP) is 4.58. The van der Waals surface area contributed by atoms with E-state index in [1.807, 2.05) is 0 Å². The Bertz CT molecular complexity index is 814. The Labute approximate surface area is 133 Å². The van der Waals surface area contributed by atoms with Crippen LogP contribution in [0.5, 0.6) is 0 Å². The third-order valence-corrected chi connectivity index (χ3v) is 5.57. The van der Waals surface area contributed by atoms with Gasteiger partial charge in [-0.1, -0.05) is 39.5 Å². The quantitative estimate of drug-likeness (QED) is 0.663. The summed E-state index contributed by atoms with van der Waals surface area (Å²) in [6.07, 6.45) is 0. The zero-order valence-corrected chi connectivity index (χ0v) is 14.9. The van der Waals surface area contributed by atoms with Crippen LogP contribution in [0.2, 0.25) is 0 Å². The van der Waals surface area contributed by atoms with Gasteiger partial charge in [-0.25, -0.2) is 4.98 Å². The number of nitrogens with zero attached hydrogens (tertiary/aromatic N) is 4. The fraction of sp³-hybridized carbons (Fsp3) is 0.533. The molecule has 0 radical (unpaired) electrons. The van der Waals surface area contributed by atoms with Crippen molar-refractivity contribution in [1.82, 2.24) is 19.6 Å². The maximum atomic E-state index is 4.91. The second kappa shape index (κ2) is 5.25. The van der Waals surface area contributed by atoms with E-state index in [0.717, 1.165) is 26.8 Å². The third-order valence-electron chi connectivity index (χ3n) is 3.53. The zero-order chi connectivity index (χ0) is 15.3. The van der Waals surface area contributed by atoms with Crippen LogP contribution in [-0.2, 0) is 0 Å². The number of rotatable bonds is 3. The SMILES string of the molecule is Cc1sc2nc(C(C)C)n3c(SC(C)C)nnc3c2c1C. The van der Waals surface area contributed by atoms with Gasteiger partial charge in [-0.15, -0.1) is 21.5 Å². The molecule has 3 aromatic rings. The molecule has 0 spiro atoms. The summed E-state index contributed by atoms with van der Waals surface area (Å²) in [7, 11) is 0. The number of hydrogen-bond donors (Lipinski definition) is 0. The normalized spacial score (nSPS) is 12.4. The first-order valence-electron chi connectivity index (χ1n) is 7.21. The van der Waals surface area contributed by atoms with Gasteiger partial charge in [-0.3, -0.25) is 4.40 Å². The van der Waals surface area contributed by atoms with Gasteiger partial charge < -0.3 is 0 Å². The average Bonchev–Trinajstić information content (AvgIpc) is 2.91. The van der Waals surface area contributed by atoms with Gasteiger partial charge in [0.25, 0.3) is 0 Å². The minimum Gasteiger partial charge on any atom is -0.257 e. The van der Waals surface area contributed by atoms with Crippen LogP contribution >= 0.6 is 23.1 Å². The molecule has 0 amide bonds. The van der Waals surface area contributed by atoms with Gasteiger partial charge in [0.1, 0.15) is 10.7 Å². The highest BCUT2D eigenvalue weighted by atomic mass is 32.2. The van der Waals surface area contributed by atoms with Crippen LogP contribution < -0.4 is 0 Å². The molecule has 3 rings (SSSR count). The number of fused-ring (bicyclic) bond motifs is 3. The molecule has 3 heterocycles. The molecule has 0 bridgehead atoms. The average molecular weight is 320 g/mol. The number of thiophene rings is 1. The Kier molecular flexibility index (Phi) is 3.69. The highest BCUT2D eigenvalue weighted by Crippen LogP contribution is 2.35. The van der Waals surface area contributed by atoms with Gasteiger partial charge >= 0.3 is 0 Å². The number of thioether (sulfide) groups is 1. The first-order chi connectivity index (χ1) is 9.90. The molecule has 0 fully saturated rings. The topological polar surface area (TPSA) is 43.1 Å². The van der Waals surface area contributed by atoms with Crippen molar-refractivity contribution in [3.63, 3.8) is 0 Å². The molecule has 4 nitrogen and oxygen atoms in total. The summed E-state index contributed by atoms with van der Waals surface area (Å²) in [4.78, 5) is 7.30. The molecule has 0 aromatic carbocycles. The standard InChI is InChI=1S/C15H20N4S2/c1-7(2)12-16-14-11(9(5)10(6)21-14)13-17-18-15(19(12)13)20-8(3)4/h7-8H,1-6H3. The Hall–Kier alpha value is -1.14. The lowest BCUT2D eigenvalue weighted by Crippen LogP contribution is -2.05. The minimum atomic E-state index is 0.335. The van der Waals surface area contributed by atoms with Crippen molar-refractivity contribution in [3.05, 3.63) is 16.3 Å². The van der Waals surface area contributed by atoms with E-state index in [-0.39, 0.29) is 0 Å². The summed E-state index contributed by atoms with van der Waals surface area (Å²) in [5.74, 6) is 1.38. The third kappa shape index (κ3) is 2.34. The van der Waals surface area contributed by atoms with Crippen molar-refractivity contribution >= 4 is 39.0 Å². The van der Waals surface area contributed by atoms with E-state index in [1.165, 1.54) is 10.4 Å². The molecule has 0 atom stereocenters. The molecule has 0 aliphatic rings. The minimum absolute atomic E-state index is 0.335. The Morgan fingerprint density at radius 2 is 1.81 bits per heavy atom. The van der Waals surface area contributed by atoms with Gasteiger partial charge in [0.15, 0.2) is 10.8 Å². The molecule has 6 heteroatoms. The van der Waals surface area contributed by atoms with Crippen LogP contribution in [0.3, 0.4) is 0 Å². The maximum Gasteiger partial charge on any atom is 0.197 e. The maximum absolute atomic E-state index is 4.91. The zero-order valence-electron chi connectivity index (χ0n) is 13.3. The smallest absolute Gasteiger partial charge is 0.197 e. The molecule has 0 saturated heterocycles. The number of hydrogen-bond acceptors (Lipinski definition) is 5. The van der Waals surface area contributed by atoms with Crippen molar-refractivity contribution in [3.8, 4) is 0 Å². The van der Waals surface area contributed by atoms with E-state index < -0.39 is 0 Å². The van der Waals surface area contributed by atoms with Gasteiger partial charge in [0.2, 0.25) is 0 Å². The number of aromatic nitrogens is 4. The van der Waals surface area contributed by atoms with Gasteiger partial charge in [-0.2, -0.15) is 0 Å². The molecule has 0 aliphatic carbocycles. The molecule has 112 valence electrons. The largest absolute Gasteiger partial charge is 0.257 e. The molecule has 0 unspecified atom stereocenters. The van der Waals surface area contributed by atoms with E-state index in [0.29, 0.717) is 11.2 Å². The summed E-state index contributed by atoms with van der Waals surface area (Å²) >= 11 is 3.49. The van der Waals surface area contributed by atoms with Crippen molar-refractivity contribution in [2.45, 2.75) is 57.9 Å². The van der Waals surface area contributed by atoms with E-state index in [1.54, 1.807) is 23.1 Å². The van der Waals surface area contributed by atoms with E-state index in [9.17, 15) is 0 Å². The Balaban J connectivity index is 2.42. The van der Waals surface area contributed by atoms with Crippen LogP contribution in [0.1, 0.15) is 49.9 Å². The molecule has 21 heavy (non-hydrogen) atoms. The summed E-state index contributed by atoms with van der Waals surface area (Å²) < 4.78 is 2.15. The first-order valence-corrected chi connectivity index (χ1v) is 8.91. The molecule has 3 aromatic heterocycles. The van der Waals surface area contributed by atoms with Gasteiger partial charge in [-0.05, 0) is 19.4 Å². The fourth-order valence-corrected chi connectivity index (χ4v) is 4.24.